The first kappa shape index (κ1) is 16.6. The van der Waals surface area contributed by atoms with Gasteiger partial charge >= 0.3 is 0 Å². The molecule has 0 aliphatic heterocycles. The van der Waals surface area contributed by atoms with Crippen LogP contribution in [0.1, 0.15) is 26.3 Å². The quantitative estimate of drug-likeness (QED) is 0.477. The molecule has 3 N–H and O–H groups in total. The molecule has 0 bridgehead atoms. The van der Waals surface area contributed by atoms with Gasteiger partial charge in [-0.3, -0.25) is 9.59 Å². The van der Waals surface area contributed by atoms with E-state index < -0.39 is 0 Å². The molecule has 0 aromatic heterocycles. The zero-order chi connectivity index (χ0) is 18.4. The van der Waals surface area contributed by atoms with Crippen LogP contribution in [-0.2, 0) is 0 Å². The zero-order valence-corrected chi connectivity index (χ0v) is 14.9. The summed E-state index contributed by atoms with van der Waals surface area (Å²) in [6, 6.07) is 15.5. The normalized spacial score (nSPS) is 11.8. The summed E-state index contributed by atoms with van der Waals surface area (Å²) >= 11 is 12.0. The van der Waals surface area contributed by atoms with Gasteiger partial charge in [-0.05, 0) is 35.4 Å². The summed E-state index contributed by atoms with van der Waals surface area (Å²) in [5, 5.41) is 3.23. The van der Waals surface area contributed by atoms with E-state index in [0.717, 1.165) is 11.1 Å². The van der Waals surface area contributed by atoms with Crippen LogP contribution in [0.3, 0.4) is 0 Å². The van der Waals surface area contributed by atoms with Crippen LogP contribution in [0.25, 0.3) is 11.1 Å². The lowest BCUT2D eigenvalue weighted by atomic mass is 10.0. The molecule has 0 heterocycles. The topological polar surface area (TPSA) is 72.2 Å². The smallest absolute Gasteiger partial charge is 0.255 e. The average molecular weight is 383 g/mol. The van der Waals surface area contributed by atoms with Crippen LogP contribution >= 0.6 is 23.2 Å². The Labute approximate surface area is 159 Å². The summed E-state index contributed by atoms with van der Waals surface area (Å²) in [6.07, 6.45) is 0. The van der Waals surface area contributed by atoms with Crippen molar-refractivity contribution >= 4 is 46.3 Å². The van der Waals surface area contributed by atoms with Gasteiger partial charge in [0, 0.05) is 22.4 Å². The Morgan fingerprint density at radius 1 is 0.846 bits per heavy atom. The second-order valence-electron chi connectivity index (χ2n) is 5.94. The number of carbonyl (C=O) groups excluding carboxylic acids is 2. The summed E-state index contributed by atoms with van der Waals surface area (Å²) < 4.78 is 0. The predicted molar refractivity (Wildman–Crippen MR) is 104 cm³/mol. The molecule has 0 unspecified atom stereocenters. The maximum atomic E-state index is 12.6. The van der Waals surface area contributed by atoms with Crippen LogP contribution < -0.4 is 11.1 Å². The van der Waals surface area contributed by atoms with Crippen molar-refractivity contribution in [1.29, 1.82) is 0 Å². The zero-order valence-electron chi connectivity index (χ0n) is 13.3. The fourth-order valence-corrected chi connectivity index (χ4v) is 3.52. The number of anilines is 2. The van der Waals surface area contributed by atoms with Gasteiger partial charge < -0.3 is 11.1 Å². The third-order valence-electron chi connectivity index (χ3n) is 4.33. The number of halogens is 2. The number of rotatable bonds is 2. The molecule has 1 aliphatic carbocycles. The summed E-state index contributed by atoms with van der Waals surface area (Å²) in [6.45, 7) is 0. The molecule has 6 heteroatoms. The van der Waals surface area contributed by atoms with Crippen molar-refractivity contribution in [3.63, 3.8) is 0 Å². The molecule has 1 amide bonds. The Balaban J connectivity index is 1.66. The summed E-state index contributed by atoms with van der Waals surface area (Å²) in [5.41, 5.74) is 9.64. The lowest BCUT2D eigenvalue weighted by Crippen LogP contribution is -2.13. The van der Waals surface area contributed by atoms with E-state index in [0.29, 0.717) is 22.4 Å². The molecule has 0 spiro atoms. The van der Waals surface area contributed by atoms with Crippen molar-refractivity contribution in [2.45, 2.75) is 0 Å². The minimum Gasteiger partial charge on any atom is -0.396 e. The van der Waals surface area contributed by atoms with E-state index in [1.54, 1.807) is 24.3 Å². The van der Waals surface area contributed by atoms with Crippen molar-refractivity contribution in [2.24, 2.45) is 0 Å². The van der Waals surface area contributed by atoms with Gasteiger partial charge in [-0.2, -0.15) is 0 Å². The van der Waals surface area contributed by atoms with Crippen molar-refractivity contribution in [1.82, 2.24) is 0 Å². The Bertz CT molecular complexity index is 1070. The average Bonchev–Trinajstić information content (AvgIpc) is 2.92. The summed E-state index contributed by atoms with van der Waals surface area (Å²) in [4.78, 5) is 25.1. The predicted octanol–water partition coefficient (Wildman–Crippen LogP) is 5.04. The molecule has 4 rings (SSSR count). The Kier molecular flexibility index (Phi) is 3.94. The highest BCUT2D eigenvalue weighted by Crippen LogP contribution is 2.37. The molecule has 0 saturated carbocycles. The van der Waals surface area contributed by atoms with Crippen molar-refractivity contribution < 1.29 is 9.59 Å². The molecule has 3 aromatic carbocycles. The second kappa shape index (κ2) is 6.16. The standard InChI is InChI=1S/C20H12Cl2N2O2/c21-16-8-11(9-17(22)18(16)23)24-20(26)10-5-6-13-12-3-1-2-4-14(12)19(25)15(13)7-10/h1-9H,23H2,(H,24,26). The molecular weight excluding hydrogens is 371 g/mol. The summed E-state index contributed by atoms with van der Waals surface area (Å²) in [7, 11) is 0. The first-order valence-corrected chi connectivity index (χ1v) is 8.55. The lowest BCUT2D eigenvalue weighted by molar-refractivity contribution is 0.102. The maximum Gasteiger partial charge on any atom is 0.255 e. The van der Waals surface area contributed by atoms with E-state index in [9.17, 15) is 9.59 Å². The van der Waals surface area contributed by atoms with Crippen LogP contribution in [0.4, 0.5) is 11.4 Å². The first-order valence-electron chi connectivity index (χ1n) is 7.79. The highest BCUT2D eigenvalue weighted by atomic mass is 35.5. The van der Waals surface area contributed by atoms with Gasteiger partial charge in [-0.25, -0.2) is 0 Å². The number of nitrogens with two attached hydrogens (primary N) is 1. The third-order valence-corrected chi connectivity index (χ3v) is 4.95. The van der Waals surface area contributed by atoms with Crippen LogP contribution in [-0.4, -0.2) is 11.7 Å². The minimum absolute atomic E-state index is 0.0798. The van der Waals surface area contributed by atoms with E-state index in [4.69, 9.17) is 28.9 Å². The fraction of sp³-hybridized carbons (Fsp3) is 0. The number of hydrogen-bond acceptors (Lipinski definition) is 3. The van der Waals surface area contributed by atoms with Gasteiger partial charge in [-0.1, -0.05) is 53.5 Å². The van der Waals surface area contributed by atoms with Gasteiger partial charge in [0.1, 0.15) is 0 Å². The number of amides is 1. The van der Waals surface area contributed by atoms with Crippen LogP contribution in [0.5, 0.6) is 0 Å². The van der Waals surface area contributed by atoms with Gasteiger partial charge in [0.15, 0.2) is 5.78 Å². The molecule has 0 radical (unpaired) electrons. The number of fused-ring (bicyclic) bond motifs is 3. The fourth-order valence-electron chi connectivity index (χ4n) is 3.03. The van der Waals surface area contributed by atoms with Gasteiger partial charge in [0.25, 0.3) is 5.91 Å². The molecule has 3 aromatic rings. The summed E-state index contributed by atoms with van der Waals surface area (Å²) in [5.74, 6) is -0.447. The Hall–Kier alpha value is -2.82. The molecule has 0 atom stereocenters. The van der Waals surface area contributed by atoms with E-state index in [1.807, 2.05) is 18.2 Å². The number of carbonyl (C=O) groups is 2. The largest absolute Gasteiger partial charge is 0.396 e. The van der Waals surface area contributed by atoms with E-state index in [1.165, 1.54) is 12.1 Å². The Morgan fingerprint density at radius 3 is 2.15 bits per heavy atom. The molecule has 1 aliphatic rings. The third kappa shape index (κ3) is 2.64. The molecule has 0 saturated heterocycles. The number of nitrogens with one attached hydrogen (secondary N) is 1. The minimum atomic E-state index is -0.367. The molecule has 0 fully saturated rings. The van der Waals surface area contributed by atoms with Crippen molar-refractivity contribution in [3.8, 4) is 11.1 Å². The number of nitrogen functional groups attached to an aromatic ring is 1. The number of benzene rings is 3. The molecule has 26 heavy (non-hydrogen) atoms. The second-order valence-corrected chi connectivity index (χ2v) is 6.76. The Morgan fingerprint density at radius 2 is 1.46 bits per heavy atom. The van der Waals surface area contributed by atoms with Crippen LogP contribution in [0, 0.1) is 0 Å². The van der Waals surface area contributed by atoms with E-state index >= 15 is 0 Å². The van der Waals surface area contributed by atoms with Gasteiger partial charge in [0.2, 0.25) is 0 Å². The van der Waals surface area contributed by atoms with E-state index in [-0.39, 0.29) is 27.4 Å². The van der Waals surface area contributed by atoms with Crippen LogP contribution in [0.15, 0.2) is 54.6 Å². The molecule has 4 nitrogen and oxygen atoms in total. The van der Waals surface area contributed by atoms with Gasteiger partial charge in [-0.15, -0.1) is 0 Å². The van der Waals surface area contributed by atoms with Gasteiger partial charge in [0.05, 0.1) is 15.7 Å². The molecule has 128 valence electrons. The first-order chi connectivity index (χ1) is 12.5. The highest BCUT2D eigenvalue weighted by molar-refractivity contribution is 6.39. The molecular formula is C20H12Cl2N2O2. The number of hydrogen-bond donors (Lipinski definition) is 2. The maximum absolute atomic E-state index is 12.6. The van der Waals surface area contributed by atoms with Crippen molar-refractivity contribution in [3.05, 3.63) is 81.3 Å². The highest BCUT2D eigenvalue weighted by Gasteiger charge is 2.27. The lowest BCUT2D eigenvalue weighted by Gasteiger charge is -2.09. The monoisotopic (exact) mass is 382 g/mol. The number of ketones is 1. The van der Waals surface area contributed by atoms with Crippen molar-refractivity contribution in [2.75, 3.05) is 11.1 Å². The van der Waals surface area contributed by atoms with Crippen LogP contribution in [0.2, 0.25) is 10.0 Å². The van der Waals surface area contributed by atoms with E-state index in [2.05, 4.69) is 5.32 Å². The SMILES string of the molecule is Nc1c(Cl)cc(NC(=O)c2ccc3c(c2)C(=O)c2ccccc2-3)cc1Cl.